The lowest BCUT2D eigenvalue weighted by atomic mass is 10.0. The maximum absolute atomic E-state index is 12.9. The first-order valence-corrected chi connectivity index (χ1v) is 9.56. The highest BCUT2D eigenvalue weighted by Gasteiger charge is 2.49. The highest BCUT2D eigenvalue weighted by Crippen LogP contribution is 2.35. The van der Waals surface area contributed by atoms with Crippen molar-refractivity contribution in [2.75, 3.05) is 26.2 Å². The molecule has 0 aliphatic carbocycles. The molecule has 0 saturated carbocycles. The maximum atomic E-state index is 12.9. The Morgan fingerprint density at radius 1 is 1.33 bits per heavy atom. The van der Waals surface area contributed by atoms with Crippen molar-refractivity contribution in [2.24, 2.45) is 0 Å². The summed E-state index contributed by atoms with van der Waals surface area (Å²) in [6.45, 7) is 6.12. The van der Waals surface area contributed by atoms with E-state index in [9.17, 15) is 8.42 Å². The molecule has 2 aliphatic rings. The zero-order valence-electron chi connectivity index (χ0n) is 14.0. The molecule has 1 N–H and O–H groups in total. The van der Waals surface area contributed by atoms with Crippen LogP contribution in [0, 0.1) is 11.5 Å². The number of hydrogen-bond acceptors (Lipinski definition) is 6. The van der Waals surface area contributed by atoms with E-state index in [0.717, 1.165) is 13.0 Å². The van der Waals surface area contributed by atoms with Crippen LogP contribution in [0.2, 0.25) is 0 Å². The van der Waals surface area contributed by atoms with Crippen LogP contribution in [0.15, 0.2) is 29.2 Å². The molecular weight excluding hydrogens is 330 g/mol. The van der Waals surface area contributed by atoms with Gasteiger partial charge in [-0.05, 0) is 43.7 Å². The molecule has 8 heteroatoms. The molecule has 0 aromatic heterocycles. The van der Waals surface area contributed by atoms with Crippen LogP contribution in [0.25, 0.3) is 0 Å². The fraction of sp³-hybridized carbons (Fsp3) is 0.562. The molecular formula is C16H23N3O4S. The number of benzene rings is 1. The normalized spacial score (nSPS) is 24.0. The third kappa shape index (κ3) is 3.54. The van der Waals surface area contributed by atoms with Gasteiger partial charge < -0.3 is 14.8 Å². The van der Waals surface area contributed by atoms with E-state index in [1.54, 1.807) is 6.26 Å². The zero-order valence-corrected chi connectivity index (χ0v) is 14.8. The van der Waals surface area contributed by atoms with E-state index in [4.69, 9.17) is 10.00 Å². The predicted molar refractivity (Wildman–Crippen MR) is 88.7 cm³/mol. The Balaban J connectivity index is 0.00000100. The molecule has 2 aliphatic heterocycles. The summed E-state index contributed by atoms with van der Waals surface area (Å²) in [5.74, 6) is 0.313. The van der Waals surface area contributed by atoms with Crippen LogP contribution in [-0.4, -0.2) is 44.7 Å². The molecule has 0 radical (unpaired) electrons. The average Bonchev–Trinajstić information content (AvgIpc) is 3.02. The zero-order chi connectivity index (χ0) is 17.6. The van der Waals surface area contributed by atoms with Crippen LogP contribution >= 0.6 is 0 Å². The van der Waals surface area contributed by atoms with Crippen molar-refractivity contribution < 1.29 is 17.9 Å². The van der Waals surface area contributed by atoms with Gasteiger partial charge in [0.1, 0.15) is 11.5 Å². The minimum Gasteiger partial charge on any atom is -0.388 e. The summed E-state index contributed by atoms with van der Waals surface area (Å²) in [6.07, 6.45) is 3.12. The fourth-order valence-corrected chi connectivity index (χ4v) is 4.69. The van der Waals surface area contributed by atoms with Gasteiger partial charge in [-0.3, -0.25) is 0 Å². The minimum absolute atomic E-state index is 0.174. The second-order valence-corrected chi connectivity index (χ2v) is 7.18. The monoisotopic (exact) mass is 353 g/mol. The molecule has 132 valence electrons. The van der Waals surface area contributed by atoms with Crippen LogP contribution in [-0.2, 0) is 14.8 Å². The smallest absolute Gasteiger partial charge is 0.292 e. The Kier molecular flexibility index (Phi) is 6.18. The molecule has 1 unspecified atom stereocenters. The van der Waals surface area contributed by atoms with E-state index < -0.39 is 15.7 Å². The highest BCUT2D eigenvalue weighted by molar-refractivity contribution is 7.89. The molecule has 1 aromatic carbocycles. The Morgan fingerprint density at radius 2 is 2.04 bits per heavy atom. The minimum atomic E-state index is -3.65. The highest BCUT2D eigenvalue weighted by atomic mass is 32.2. The largest absolute Gasteiger partial charge is 0.388 e. The number of rotatable bonds is 3. The Labute approximate surface area is 143 Å². The molecule has 2 heterocycles. The number of hydrogen-bond donors (Lipinski definition) is 1. The quantitative estimate of drug-likeness (QED) is 0.831. The van der Waals surface area contributed by atoms with E-state index in [1.165, 1.54) is 28.6 Å². The summed E-state index contributed by atoms with van der Waals surface area (Å²) in [4.78, 5) is 0.174. The summed E-state index contributed by atoms with van der Waals surface area (Å²) in [5, 5.41) is 11.7. The molecule has 0 bridgehead atoms. The third-order valence-corrected chi connectivity index (χ3v) is 5.98. The molecule has 0 amide bonds. The van der Waals surface area contributed by atoms with Gasteiger partial charge >= 0.3 is 0 Å². The van der Waals surface area contributed by atoms with Crippen LogP contribution < -0.4 is 10.1 Å². The SMILES string of the molecule is CC.N#COc1ccc(S(=O)(=O)N2CCOC23CCCNC3)cc1. The second kappa shape index (κ2) is 7.94. The number of sulfonamides is 1. The first kappa shape index (κ1) is 18.7. The number of nitrogens with one attached hydrogen (secondary N) is 1. The summed E-state index contributed by atoms with van der Waals surface area (Å²) in [6, 6.07) is 5.84. The summed E-state index contributed by atoms with van der Waals surface area (Å²) in [7, 11) is -3.65. The third-order valence-electron chi connectivity index (χ3n) is 4.02. The predicted octanol–water partition coefficient (Wildman–Crippen LogP) is 1.67. The molecule has 24 heavy (non-hydrogen) atoms. The van der Waals surface area contributed by atoms with Gasteiger partial charge in [0.15, 0.2) is 0 Å². The van der Waals surface area contributed by atoms with E-state index in [1.807, 2.05) is 13.8 Å². The Morgan fingerprint density at radius 3 is 2.62 bits per heavy atom. The molecule has 3 rings (SSSR count). The van der Waals surface area contributed by atoms with E-state index in [0.29, 0.717) is 31.9 Å². The molecule has 1 aromatic rings. The Bertz CT molecular complexity index is 676. The lowest BCUT2D eigenvalue weighted by Crippen LogP contribution is -2.56. The number of nitriles is 1. The lowest BCUT2D eigenvalue weighted by Gasteiger charge is -2.39. The van der Waals surface area contributed by atoms with E-state index in [2.05, 4.69) is 10.1 Å². The molecule has 1 spiro atoms. The lowest BCUT2D eigenvalue weighted by molar-refractivity contribution is -0.0646. The van der Waals surface area contributed by atoms with Crippen molar-refractivity contribution in [3.05, 3.63) is 24.3 Å². The first-order valence-electron chi connectivity index (χ1n) is 8.12. The maximum Gasteiger partial charge on any atom is 0.292 e. The van der Waals surface area contributed by atoms with Crippen LogP contribution in [0.3, 0.4) is 0 Å². The van der Waals surface area contributed by atoms with E-state index >= 15 is 0 Å². The van der Waals surface area contributed by atoms with Crippen LogP contribution in [0.4, 0.5) is 0 Å². The molecule has 2 saturated heterocycles. The van der Waals surface area contributed by atoms with Gasteiger partial charge in [0.2, 0.25) is 10.0 Å². The number of ether oxygens (including phenoxy) is 2. The fourth-order valence-electron chi connectivity index (χ4n) is 2.99. The topological polar surface area (TPSA) is 91.7 Å². The summed E-state index contributed by atoms with van der Waals surface area (Å²) in [5.41, 5.74) is -0.779. The van der Waals surface area contributed by atoms with Crippen molar-refractivity contribution in [1.82, 2.24) is 9.62 Å². The average molecular weight is 353 g/mol. The van der Waals surface area contributed by atoms with Crippen LogP contribution in [0.1, 0.15) is 26.7 Å². The standard InChI is InChI=1S/C14H17N3O4S.C2H6/c15-11-20-12-2-4-13(5-3-12)22(18,19)17-8-9-21-14(17)6-1-7-16-10-14;1-2/h2-5,16H,1,6-10H2;1-2H3. The number of piperidine rings is 1. The molecule has 7 nitrogen and oxygen atoms in total. The van der Waals surface area contributed by atoms with Crippen molar-refractivity contribution in [1.29, 1.82) is 5.26 Å². The van der Waals surface area contributed by atoms with Gasteiger partial charge in [-0.2, -0.15) is 4.31 Å². The van der Waals surface area contributed by atoms with Crippen molar-refractivity contribution >= 4 is 10.0 Å². The molecule has 2 fully saturated rings. The van der Waals surface area contributed by atoms with Gasteiger partial charge in [-0.15, -0.1) is 5.26 Å². The van der Waals surface area contributed by atoms with Gasteiger partial charge in [0.25, 0.3) is 6.26 Å². The summed E-state index contributed by atoms with van der Waals surface area (Å²) >= 11 is 0. The first-order chi connectivity index (χ1) is 11.6. The van der Waals surface area contributed by atoms with Gasteiger partial charge in [0, 0.05) is 13.1 Å². The Hall–Kier alpha value is -1.66. The number of nitrogens with zero attached hydrogens (tertiary/aromatic N) is 2. The van der Waals surface area contributed by atoms with Gasteiger partial charge in [-0.1, -0.05) is 13.8 Å². The van der Waals surface area contributed by atoms with E-state index in [-0.39, 0.29) is 4.90 Å². The summed E-state index contributed by atoms with van der Waals surface area (Å²) < 4.78 is 37.7. The molecule has 1 atom stereocenters. The van der Waals surface area contributed by atoms with Crippen molar-refractivity contribution in [2.45, 2.75) is 37.3 Å². The van der Waals surface area contributed by atoms with Gasteiger partial charge in [0.05, 0.1) is 11.5 Å². The van der Waals surface area contributed by atoms with Crippen LogP contribution in [0.5, 0.6) is 5.75 Å². The van der Waals surface area contributed by atoms with Crippen molar-refractivity contribution in [3.63, 3.8) is 0 Å². The second-order valence-electron chi connectivity index (χ2n) is 5.32. The van der Waals surface area contributed by atoms with Gasteiger partial charge in [-0.25, -0.2) is 8.42 Å². The van der Waals surface area contributed by atoms with Crippen molar-refractivity contribution in [3.8, 4) is 12.0 Å².